The van der Waals surface area contributed by atoms with Gasteiger partial charge in [0.15, 0.2) is 0 Å². The van der Waals surface area contributed by atoms with Crippen LogP contribution in [0, 0.1) is 0 Å². The number of aryl methyl sites for hydroxylation is 1. The van der Waals surface area contributed by atoms with E-state index in [4.69, 9.17) is 0 Å². The maximum atomic E-state index is 12.7. The highest BCUT2D eigenvalue weighted by molar-refractivity contribution is 5.10. The molecule has 1 aromatic heterocycles. The lowest BCUT2D eigenvalue weighted by atomic mass is 10.3. The molecule has 0 saturated heterocycles. The molecule has 1 rings (SSSR count). The summed E-state index contributed by atoms with van der Waals surface area (Å²) < 4.78 is 39.7. The molecule has 1 heterocycles. The van der Waals surface area contributed by atoms with E-state index in [9.17, 15) is 22.8 Å². The van der Waals surface area contributed by atoms with Gasteiger partial charge in [-0.25, -0.2) is 4.79 Å². The lowest BCUT2D eigenvalue weighted by Gasteiger charge is -2.13. The van der Waals surface area contributed by atoms with Gasteiger partial charge in [0.05, 0.1) is 0 Å². The summed E-state index contributed by atoms with van der Waals surface area (Å²) >= 11 is 0. The fourth-order valence-corrected chi connectivity index (χ4v) is 1.67. The average Bonchev–Trinajstić information content (AvgIpc) is 2.26. The Balaban J connectivity index is 3.56. The van der Waals surface area contributed by atoms with Crippen LogP contribution in [0.25, 0.3) is 0 Å². The third-order valence-corrected chi connectivity index (χ3v) is 2.45. The van der Waals surface area contributed by atoms with E-state index in [2.05, 4.69) is 0 Å². The van der Waals surface area contributed by atoms with Gasteiger partial charge in [-0.3, -0.25) is 13.9 Å². The van der Waals surface area contributed by atoms with E-state index in [1.165, 1.54) is 0 Å². The first kappa shape index (κ1) is 14.5. The summed E-state index contributed by atoms with van der Waals surface area (Å²) in [7, 11) is 0. The van der Waals surface area contributed by atoms with Crippen LogP contribution in [0.15, 0.2) is 15.8 Å². The molecule has 0 amide bonds. The smallest absolute Gasteiger partial charge is 0.300 e. The fraction of sp³-hybridized carbons (Fsp3) is 0.636. The monoisotopic (exact) mass is 264 g/mol. The maximum absolute atomic E-state index is 12.7. The second-order valence-corrected chi connectivity index (χ2v) is 3.97. The van der Waals surface area contributed by atoms with Crippen molar-refractivity contribution >= 4 is 0 Å². The molecule has 0 aliphatic rings. The lowest BCUT2D eigenvalue weighted by Crippen LogP contribution is -2.43. The van der Waals surface area contributed by atoms with Crippen molar-refractivity contribution in [2.75, 3.05) is 0 Å². The number of aromatic nitrogens is 2. The normalized spacial score (nSPS) is 11.8. The van der Waals surface area contributed by atoms with Gasteiger partial charge in [-0.15, -0.1) is 0 Å². The van der Waals surface area contributed by atoms with E-state index in [1.54, 1.807) is 13.8 Å². The Kier molecular flexibility index (Phi) is 4.37. The van der Waals surface area contributed by atoms with Crippen molar-refractivity contribution in [2.45, 2.75) is 46.0 Å². The van der Waals surface area contributed by atoms with E-state index in [0.29, 0.717) is 23.6 Å². The van der Waals surface area contributed by atoms with Gasteiger partial charge < -0.3 is 0 Å². The number of hydrogen-bond donors (Lipinski definition) is 0. The number of halogens is 3. The Hall–Kier alpha value is -1.53. The van der Waals surface area contributed by atoms with Gasteiger partial charge in [0.25, 0.3) is 5.56 Å². The first-order chi connectivity index (χ1) is 8.32. The number of nitrogens with zero attached hydrogens (tertiary/aromatic N) is 2. The van der Waals surface area contributed by atoms with Crippen molar-refractivity contribution in [3.8, 4) is 0 Å². The second-order valence-electron chi connectivity index (χ2n) is 3.97. The van der Waals surface area contributed by atoms with Crippen LogP contribution in [-0.2, 0) is 19.3 Å². The first-order valence-electron chi connectivity index (χ1n) is 5.74. The molecule has 0 aliphatic heterocycles. The molecule has 4 nitrogen and oxygen atoms in total. The predicted octanol–water partition coefficient (Wildman–Crippen LogP) is 1.85. The molecule has 0 radical (unpaired) electrons. The van der Waals surface area contributed by atoms with Crippen LogP contribution in [0.5, 0.6) is 0 Å². The molecule has 18 heavy (non-hydrogen) atoms. The zero-order chi connectivity index (χ0) is 13.9. The van der Waals surface area contributed by atoms with Gasteiger partial charge in [-0.1, -0.05) is 13.8 Å². The SMILES string of the molecule is CCCn1cc(C(F)(F)F)c(=O)n(CCC)c1=O. The maximum Gasteiger partial charge on any atom is 0.423 e. The van der Waals surface area contributed by atoms with Gasteiger partial charge >= 0.3 is 11.9 Å². The predicted molar refractivity (Wildman–Crippen MR) is 60.5 cm³/mol. The standard InChI is InChI=1S/C11H15F3N2O2/c1-3-5-15-7-8(11(12,13)14)9(17)16(6-4-2)10(15)18/h7H,3-6H2,1-2H3. The van der Waals surface area contributed by atoms with Crippen LogP contribution in [0.4, 0.5) is 13.2 Å². The Labute approximate surface area is 102 Å². The highest BCUT2D eigenvalue weighted by Gasteiger charge is 2.35. The van der Waals surface area contributed by atoms with Crippen LogP contribution in [0.2, 0.25) is 0 Å². The molecule has 1 aromatic rings. The summed E-state index contributed by atoms with van der Waals surface area (Å²) in [6, 6.07) is 0. The van der Waals surface area contributed by atoms with Gasteiger partial charge in [-0.2, -0.15) is 13.2 Å². The minimum absolute atomic E-state index is 0.00863. The average molecular weight is 264 g/mol. The van der Waals surface area contributed by atoms with Crippen molar-refractivity contribution in [3.63, 3.8) is 0 Å². The van der Waals surface area contributed by atoms with Crippen LogP contribution in [0.3, 0.4) is 0 Å². The molecule has 0 N–H and O–H groups in total. The first-order valence-corrected chi connectivity index (χ1v) is 5.74. The summed E-state index contributed by atoms with van der Waals surface area (Å²) in [5, 5.41) is 0. The molecule has 0 saturated carbocycles. The van der Waals surface area contributed by atoms with Crippen LogP contribution < -0.4 is 11.2 Å². The van der Waals surface area contributed by atoms with E-state index in [-0.39, 0.29) is 13.1 Å². The van der Waals surface area contributed by atoms with E-state index in [1.807, 2.05) is 0 Å². The summed E-state index contributed by atoms with van der Waals surface area (Å²) in [4.78, 5) is 23.4. The lowest BCUT2D eigenvalue weighted by molar-refractivity contribution is -0.139. The second kappa shape index (κ2) is 5.41. The summed E-state index contributed by atoms with van der Waals surface area (Å²) in [5.41, 5.74) is -3.23. The van der Waals surface area contributed by atoms with Gasteiger partial charge in [-0.05, 0) is 12.8 Å². The Morgan fingerprint density at radius 1 is 1.11 bits per heavy atom. The third kappa shape index (κ3) is 2.83. The van der Waals surface area contributed by atoms with Crippen molar-refractivity contribution in [3.05, 3.63) is 32.6 Å². The Morgan fingerprint density at radius 2 is 1.67 bits per heavy atom. The Bertz CT molecular complexity index is 529. The molecular formula is C11H15F3N2O2. The topological polar surface area (TPSA) is 44.0 Å². The van der Waals surface area contributed by atoms with Crippen molar-refractivity contribution < 1.29 is 13.2 Å². The summed E-state index contributed by atoms with van der Waals surface area (Å²) in [6.45, 7) is 3.59. The molecule has 0 fully saturated rings. The molecule has 0 bridgehead atoms. The van der Waals surface area contributed by atoms with Crippen LogP contribution in [0.1, 0.15) is 32.3 Å². The number of alkyl halides is 3. The third-order valence-electron chi connectivity index (χ3n) is 2.45. The highest BCUT2D eigenvalue weighted by Crippen LogP contribution is 2.25. The molecule has 0 aromatic carbocycles. The number of hydrogen-bond acceptors (Lipinski definition) is 2. The van der Waals surface area contributed by atoms with E-state index >= 15 is 0 Å². The van der Waals surface area contributed by atoms with Crippen LogP contribution >= 0.6 is 0 Å². The minimum atomic E-state index is -4.74. The van der Waals surface area contributed by atoms with Crippen molar-refractivity contribution in [2.24, 2.45) is 0 Å². The molecule has 102 valence electrons. The van der Waals surface area contributed by atoms with Crippen molar-refractivity contribution in [1.82, 2.24) is 9.13 Å². The molecule has 0 unspecified atom stereocenters. The molecule has 0 spiro atoms. The van der Waals surface area contributed by atoms with Crippen molar-refractivity contribution in [1.29, 1.82) is 0 Å². The highest BCUT2D eigenvalue weighted by atomic mass is 19.4. The fourth-order valence-electron chi connectivity index (χ4n) is 1.67. The number of rotatable bonds is 4. The molecule has 0 aliphatic carbocycles. The van der Waals surface area contributed by atoms with Crippen LogP contribution in [-0.4, -0.2) is 9.13 Å². The zero-order valence-corrected chi connectivity index (χ0v) is 10.3. The summed E-state index contributed by atoms with van der Waals surface area (Å²) in [5.74, 6) is 0. The molecule has 7 heteroatoms. The zero-order valence-electron chi connectivity index (χ0n) is 10.3. The minimum Gasteiger partial charge on any atom is -0.300 e. The summed E-state index contributed by atoms with van der Waals surface area (Å²) in [6.07, 6.45) is -3.19. The molecule has 0 atom stereocenters. The van der Waals surface area contributed by atoms with E-state index in [0.717, 1.165) is 4.57 Å². The largest absolute Gasteiger partial charge is 0.423 e. The van der Waals surface area contributed by atoms with Gasteiger partial charge in [0.2, 0.25) is 0 Å². The Morgan fingerprint density at radius 3 is 2.11 bits per heavy atom. The van der Waals surface area contributed by atoms with Gasteiger partial charge in [0, 0.05) is 19.3 Å². The molecular weight excluding hydrogens is 249 g/mol. The quantitative estimate of drug-likeness (QED) is 0.833. The van der Waals surface area contributed by atoms with E-state index < -0.39 is 23.0 Å². The van der Waals surface area contributed by atoms with Gasteiger partial charge in [0.1, 0.15) is 5.56 Å².